The van der Waals surface area contributed by atoms with Gasteiger partial charge in [-0.3, -0.25) is 4.79 Å². The van der Waals surface area contributed by atoms with Crippen molar-refractivity contribution in [3.8, 4) is 0 Å². The molecule has 0 saturated heterocycles. The predicted octanol–water partition coefficient (Wildman–Crippen LogP) is 4.63. The van der Waals surface area contributed by atoms with Crippen molar-refractivity contribution >= 4 is 17.6 Å². The highest BCUT2D eigenvalue weighted by Gasteiger charge is 2.37. The first kappa shape index (κ1) is 21.1. The average molecular weight is 422 g/mol. The Kier molecular flexibility index (Phi) is 5.56. The molecule has 4 rings (SSSR count). The number of hydrogen-bond acceptors (Lipinski definition) is 3. The summed E-state index contributed by atoms with van der Waals surface area (Å²) in [6.07, 6.45) is 0.833. The molecule has 1 aliphatic heterocycles. The number of amides is 2. The van der Waals surface area contributed by atoms with E-state index in [1.165, 1.54) is 28.8 Å². The first-order chi connectivity index (χ1) is 14.7. The van der Waals surface area contributed by atoms with E-state index >= 15 is 0 Å². The van der Waals surface area contributed by atoms with Crippen LogP contribution in [-0.2, 0) is 16.0 Å². The topological polar surface area (TPSA) is 58.6 Å². The fourth-order valence-electron chi connectivity index (χ4n) is 4.45. The quantitative estimate of drug-likeness (QED) is 0.784. The van der Waals surface area contributed by atoms with Crippen LogP contribution in [0.2, 0.25) is 0 Å². The highest BCUT2D eigenvalue weighted by molar-refractivity contribution is 5.86. The van der Waals surface area contributed by atoms with Crippen LogP contribution in [0.1, 0.15) is 49.9 Å². The molecule has 1 heterocycles. The number of halogens is 1. The maximum absolute atomic E-state index is 14.1. The third kappa shape index (κ3) is 4.48. The zero-order chi connectivity index (χ0) is 22.2. The van der Waals surface area contributed by atoms with Gasteiger partial charge in [0.1, 0.15) is 18.0 Å². The molecule has 1 N–H and O–H groups in total. The van der Waals surface area contributed by atoms with Gasteiger partial charge in [-0.15, -0.1) is 0 Å². The molecule has 31 heavy (non-hydrogen) atoms. The summed E-state index contributed by atoms with van der Waals surface area (Å²) >= 11 is 0. The molecule has 1 atom stereocenters. The van der Waals surface area contributed by atoms with E-state index in [2.05, 4.69) is 17.4 Å². The Labute approximate surface area is 181 Å². The summed E-state index contributed by atoms with van der Waals surface area (Å²) in [5.74, 6) is -0.553. The Balaban J connectivity index is 1.61. The van der Waals surface area contributed by atoms with Crippen molar-refractivity contribution in [3.63, 3.8) is 0 Å². The first-order valence-electron chi connectivity index (χ1n) is 10.5. The number of carbonyl (C=O) groups is 2. The molecule has 2 aromatic carbocycles. The van der Waals surface area contributed by atoms with Gasteiger partial charge in [-0.2, -0.15) is 0 Å². The lowest BCUT2D eigenvalue weighted by Crippen LogP contribution is -2.45. The summed E-state index contributed by atoms with van der Waals surface area (Å²) in [6, 6.07) is 14.3. The van der Waals surface area contributed by atoms with E-state index < -0.39 is 11.7 Å². The standard InChI is InChI=1S/C25H27FN2O3/c1-25(2,3)31-24(30)27-15-22(29)28-12-11-20-19-10-5-4-7-16(19)14-21(20)23(28)17-8-6-9-18(26)13-17/h4-10,13,23H,11-12,14-15H2,1-3H3,(H,27,30). The second-order valence-electron chi connectivity index (χ2n) is 8.99. The molecule has 1 aliphatic carbocycles. The molecular weight excluding hydrogens is 395 g/mol. The van der Waals surface area contributed by atoms with Crippen LogP contribution < -0.4 is 5.32 Å². The van der Waals surface area contributed by atoms with E-state index in [0.717, 1.165) is 24.0 Å². The second kappa shape index (κ2) is 8.17. The van der Waals surface area contributed by atoms with Crippen molar-refractivity contribution in [3.05, 3.63) is 76.6 Å². The number of ether oxygens (including phenoxy) is 1. The Bertz CT molecular complexity index is 1050. The lowest BCUT2D eigenvalue weighted by atomic mass is 9.88. The minimum atomic E-state index is -0.641. The van der Waals surface area contributed by atoms with Crippen molar-refractivity contribution in [2.45, 2.75) is 45.3 Å². The number of fused-ring (bicyclic) bond motifs is 2. The molecule has 0 radical (unpaired) electrons. The maximum atomic E-state index is 14.1. The molecule has 162 valence electrons. The minimum Gasteiger partial charge on any atom is -0.444 e. The van der Waals surface area contributed by atoms with Crippen LogP contribution in [0.25, 0.3) is 5.57 Å². The predicted molar refractivity (Wildman–Crippen MR) is 117 cm³/mol. The molecule has 5 nitrogen and oxygen atoms in total. The number of carbonyl (C=O) groups excluding carboxylic acids is 2. The van der Waals surface area contributed by atoms with Crippen LogP contribution in [0.3, 0.4) is 0 Å². The van der Waals surface area contributed by atoms with Crippen molar-refractivity contribution in [2.75, 3.05) is 13.1 Å². The summed E-state index contributed by atoms with van der Waals surface area (Å²) in [5.41, 5.74) is 4.92. The SMILES string of the molecule is CC(C)(C)OC(=O)NCC(=O)N1CCC2=C(Cc3ccccc32)C1c1cccc(F)c1. The van der Waals surface area contributed by atoms with Crippen LogP contribution in [-0.4, -0.2) is 35.6 Å². The lowest BCUT2D eigenvalue weighted by Gasteiger charge is -2.38. The highest BCUT2D eigenvalue weighted by atomic mass is 19.1. The van der Waals surface area contributed by atoms with Crippen molar-refractivity contribution in [1.82, 2.24) is 10.2 Å². The van der Waals surface area contributed by atoms with Crippen molar-refractivity contribution < 1.29 is 18.7 Å². The summed E-state index contributed by atoms with van der Waals surface area (Å²) in [6.45, 7) is 5.64. The fourth-order valence-corrected chi connectivity index (χ4v) is 4.45. The van der Waals surface area contributed by atoms with Gasteiger partial charge in [-0.1, -0.05) is 36.4 Å². The van der Waals surface area contributed by atoms with E-state index in [4.69, 9.17) is 4.74 Å². The first-order valence-corrected chi connectivity index (χ1v) is 10.5. The van der Waals surface area contributed by atoms with Crippen molar-refractivity contribution in [2.24, 2.45) is 0 Å². The van der Waals surface area contributed by atoms with Crippen LogP contribution in [0.4, 0.5) is 9.18 Å². The summed E-state index contributed by atoms with van der Waals surface area (Å²) in [7, 11) is 0. The van der Waals surface area contributed by atoms with E-state index in [1.54, 1.807) is 31.7 Å². The number of rotatable bonds is 3. The molecule has 2 amide bonds. The fraction of sp³-hybridized carbons (Fsp3) is 0.360. The van der Waals surface area contributed by atoms with E-state index in [1.807, 2.05) is 18.2 Å². The molecule has 2 aliphatic rings. The second-order valence-corrected chi connectivity index (χ2v) is 8.99. The van der Waals surface area contributed by atoms with Crippen molar-refractivity contribution in [1.29, 1.82) is 0 Å². The van der Waals surface area contributed by atoms with Gasteiger partial charge < -0.3 is 15.0 Å². The van der Waals surface area contributed by atoms with E-state index in [0.29, 0.717) is 6.54 Å². The third-order valence-electron chi connectivity index (χ3n) is 5.62. The van der Waals surface area contributed by atoms with Gasteiger partial charge in [0.2, 0.25) is 5.91 Å². The Morgan fingerprint density at radius 2 is 1.94 bits per heavy atom. The van der Waals surface area contributed by atoms with Gasteiger partial charge in [0.05, 0.1) is 6.04 Å². The smallest absolute Gasteiger partial charge is 0.408 e. The molecular formula is C25H27FN2O3. The molecule has 2 aromatic rings. The lowest BCUT2D eigenvalue weighted by molar-refractivity contribution is -0.132. The van der Waals surface area contributed by atoms with E-state index in [9.17, 15) is 14.0 Å². The molecule has 0 spiro atoms. The summed E-state index contributed by atoms with van der Waals surface area (Å²) in [5, 5.41) is 2.55. The Morgan fingerprint density at radius 3 is 2.68 bits per heavy atom. The molecule has 6 heteroatoms. The largest absolute Gasteiger partial charge is 0.444 e. The van der Waals surface area contributed by atoms with Gasteiger partial charge in [0, 0.05) is 6.54 Å². The van der Waals surface area contributed by atoms with Gasteiger partial charge in [-0.25, -0.2) is 9.18 Å². The molecule has 0 fully saturated rings. The number of hydrogen-bond donors (Lipinski definition) is 1. The maximum Gasteiger partial charge on any atom is 0.408 e. The van der Waals surface area contributed by atoms with Crippen LogP contribution in [0.5, 0.6) is 0 Å². The van der Waals surface area contributed by atoms with E-state index in [-0.39, 0.29) is 24.3 Å². The zero-order valence-electron chi connectivity index (χ0n) is 18.1. The third-order valence-corrected chi connectivity index (χ3v) is 5.62. The monoisotopic (exact) mass is 422 g/mol. The number of benzene rings is 2. The normalized spacial score (nSPS) is 17.8. The molecule has 1 unspecified atom stereocenters. The molecule has 0 aromatic heterocycles. The van der Waals surface area contributed by atoms with Gasteiger partial charge in [0.25, 0.3) is 0 Å². The average Bonchev–Trinajstić information content (AvgIpc) is 3.08. The molecule has 0 bridgehead atoms. The zero-order valence-corrected chi connectivity index (χ0v) is 18.1. The molecule has 0 saturated carbocycles. The van der Waals surface area contributed by atoms with Gasteiger partial charge in [-0.05, 0) is 73.6 Å². The van der Waals surface area contributed by atoms with Gasteiger partial charge >= 0.3 is 6.09 Å². The number of nitrogens with zero attached hydrogens (tertiary/aromatic N) is 1. The number of alkyl carbamates (subject to hydrolysis) is 1. The van der Waals surface area contributed by atoms with Crippen LogP contribution in [0, 0.1) is 5.82 Å². The summed E-state index contributed by atoms with van der Waals surface area (Å²) in [4.78, 5) is 26.9. The highest BCUT2D eigenvalue weighted by Crippen LogP contribution is 2.46. The number of nitrogens with one attached hydrogen (secondary N) is 1. The van der Waals surface area contributed by atoms with Gasteiger partial charge in [0.15, 0.2) is 0 Å². The van der Waals surface area contributed by atoms with Crippen LogP contribution >= 0.6 is 0 Å². The summed E-state index contributed by atoms with van der Waals surface area (Å²) < 4.78 is 19.3. The Morgan fingerprint density at radius 1 is 1.16 bits per heavy atom. The Hall–Kier alpha value is -3.15. The minimum absolute atomic E-state index is 0.170. The van der Waals surface area contributed by atoms with Crippen LogP contribution in [0.15, 0.2) is 54.1 Å².